The highest BCUT2D eigenvalue weighted by Gasteiger charge is 2.31. The summed E-state index contributed by atoms with van der Waals surface area (Å²) in [6.45, 7) is 2.38. The van der Waals surface area contributed by atoms with E-state index in [9.17, 15) is 4.79 Å². The number of nitrogens with one attached hydrogen (secondary N) is 3. The molecule has 7 nitrogen and oxygen atoms in total. The van der Waals surface area contributed by atoms with Gasteiger partial charge in [0, 0.05) is 42.0 Å². The summed E-state index contributed by atoms with van der Waals surface area (Å²) >= 11 is 0. The first-order valence-corrected chi connectivity index (χ1v) is 9.44. The lowest BCUT2D eigenvalue weighted by Gasteiger charge is -2.29. The quantitative estimate of drug-likeness (QED) is 0.554. The number of carbonyl (C=O) groups is 1. The van der Waals surface area contributed by atoms with Gasteiger partial charge in [0.25, 0.3) is 0 Å². The number of carbonyl (C=O) groups excluding carboxylic acids is 1. The fourth-order valence-corrected chi connectivity index (χ4v) is 3.29. The zero-order valence-corrected chi connectivity index (χ0v) is 15.6. The van der Waals surface area contributed by atoms with Crippen LogP contribution in [0, 0.1) is 0 Å². The van der Waals surface area contributed by atoms with Gasteiger partial charge in [-0.1, -0.05) is 12.1 Å². The largest absolute Gasteiger partial charge is 0.361 e. The Balaban J connectivity index is 1.48. The van der Waals surface area contributed by atoms with E-state index in [2.05, 4.69) is 27.0 Å². The van der Waals surface area contributed by atoms with Crippen LogP contribution in [-0.2, 0) is 6.54 Å². The lowest BCUT2D eigenvalue weighted by Crippen LogP contribution is -2.51. The third-order valence-corrected chi connectivity index (χ3v) is 4.80. The Kier molecular flexibility index (Phi) is 5.36. The van der Waals surface area contributed by atoms with Crippen LogP contribution in [0.3, 0.4) is 0 Å². The fraction of sp³-hybridized carbons (Fsp3) is 0.238. The average molecular weight is 376 g/mol. The molecule has 1 atom stereocenters. The number of fused-ring (bicyclic) bond motifs is 1. The lowest BCUT2D eigenvalue weighted by molar-refractivity contribution is 0.244. The molecule has 1 unspecified atom stereocenters. The summed E-state index contributed by atoms with van der Waals surface area (Å²) in [7, 11) is 0. The third-order valence-electron chi connectivity index (χ3n) is 4.80. The van der Waals surface area contributed by atoms with Crippen LogP contribution in [0.1, 0.15) is 17.5 Å². The number of rotatable bonds is 7. The van der Waals surface area contributed by atoms with Crippen molar-refractivity contribution in [2.24, 2.45) is 5.73 Å². The van der Waals surface area contributed by atoms with Crippen LogP contribution in [0.4, 0.5) is 10.5 Å². The molecule has 0 fully saturated rings. The van der Waals surface area contributed by atoms with Crippen molar-refractivity contribution in [1.82, 2.24) is 20.9 Å². The highest BCUT2D eigenvalue weighted by atomic mass is 16.2. The molecule has 3 heterocycles. The summed E-state index contributed by atoms with van der Waals surface area (Å²) in [5, 5.41) is 9.70. The minimum absolute atomic E-state index is 0.153. The van der Waals surface area contributed by atoms with Crippen molar-refractivity contribution >= 4 is 17.4 Å². The van der Waals surface area contributed by atoms with E-state index >= 15 is 0 Å². The predicted molar refractivity (Wildman–Crippen MR) is 110 cm³/mol. The zero-order chi connectivity index (χ0) is 19.3. The van der Waals surface area contributed by atoms with E-state index in [1.807, 2.05) is 42.6 Å². The van der Waals surface area contributed by atoms with Gasteiger partial charge in [-0.05, 0) is 55.4 Å². The smallest absolute Gasteiger partial charge is 0.327 e. The Bertz CT molecular complexity index is 891. The van der Waals surface area contributed by atoms with Crippen LogP contribution in [0.2, 0.25) is 0 Å². The van der Waals surface area contributed by atoms with Gasteiger partial charge in [0.1, 0.15) is 6.17 Å². The van der Waals surface area contributed by atoms with Gasteiger partial charge in [0.05, 0.1) is 5.69 Å². The summed E-state index contributed by atoms with van der Waals surface area (Å²) in [5.41, 5.74) is 10.5. The standard InChI is InChI=1S/C21H24N6O/c22-8-1-9-24-13-15-2-4-18(5-3-15)27-14-17-12-19(16-6-10-23-11-7-16)25-20(17)26-21(27)28/h2-7,10-12,14,20,24-25H,1,8-9,13,22H2,(H,26,28). The normalized spacial score (nSPS) is 18.1. The first-order valence-electron chi connectivity index (χ1n) is 9.44. The van der Waals surface area contributed by atoms with Crippen molar-refractivity contribution in [2.75, 3.05) is 18.0 Å². The number of pyridine rings is 1. The van der Waals surface area contributed by atoms with Crippen molar-refractivity contribution in [3.8, 4) is 0 Å². The molecule has 5 N–H and O–H groups in total. The molecule has 4 rings (SSSR count). The van der Waals surface area contributed by atoms with Gasteiger partial charge in [-0.15, -0.1) is 0 Å². The number of anilines is 1. The third kappa shape index (κ3) is 3.90. The molecule has 144 valence electrons. The van der Waals surface area contributed by atoms with Crippen molar-refractivity contribution in [3.63, 3.8) is 0 Å². The van der Waals surface area contributed by atoms with E-state index in [-0.39, 0.29) is 12.2 Å². The summed E-state index contributed by atoms with van der Waals surface area (Å²) in [6.07, 6.45) is 8.21. The van der Waals surface area contributed by atoms with E-state index in [0.717, 1.165) is 42.0 Å². The molecule has 1 aromatic heterocycles. The summed E-state index contributed by atoms with van der Waals surface area (Å²) in [5.74, 6) is 0. The van der Waals surface area contributed by atoms with Gasteiger partial charge in [0.15, 0.2) is 0 Å². The number of hydrogen-bond donors (Lipinski definition) is 4. The molecule has 2 aromatic rings. The lowest BCUT2D eigenvalue weighted by atomic mass is 10.1. The van der Waals surface area contributed by atoms with Crippen LogP contribution < -0.4 is 26.6 Å². The SMILES string of the molecule is NCCCNCc1ccc(N2C=C3C=C(c4ccncc4)NC3NC2=O)cc1. The van der Waals surface area contributed by atoms with E-state index in [1.165, 1.54) is 5.56 Å². The van der Waals surface area contributed by atoms with Gasteiger partial charge >= 0.3 is 6.03 Å². The average Bonchev–Trinajstić information content (AvgIpc) is 3.15. The number of benzene rings is 1. The van der Waals surface area contributed by atoms with Crippen LogP contribution in [-0.4, -0.2) is 30.3 Å². The van der Waals surface area contributed by atoms with Gasteiger partial charge in [0.2, 0.25) is 0 Å². The molecule has 0 saturated carbocycles. The summed E-state index contributed by atoms with van der Waals surface area (Å²) in [4.78, 5) is 18.3. The Morgan fingerprint density at radius 2 is 1.89 bits per heavy atom. The van der Waals surface area contributed by atoms with Crippen LogP contribution in [0.15, 0.2) is 66.6 Å². The summed E-state index contributed by atoms with van der Waals surface area (Å²) in [6, 6.07) is 11.7. The number of amides is 2. The predicted octanol–water partition coefficient (Wildman–Crippen LogP) is 1.90. The van der Waals surface area contributed by atoms with Crippen molar-refractivity contribution in [2.45, 2.75) is 19.1 Å². The minimum Gasteiger partial charge on any atom is -0.361 e. The van der Waals surface area contributed by atoms with Crippen LogP contribution >= 0.6 is 0 Å². The molecule has 2 amide bonds. The molecule has 0 aliphatic carbocycles. The van der Waals surface area contributed by atoms with Crippen molar-refractivity contribution in [1.29, 1.82) is 0 Å². The second-order valence-corrected chi connectivity index (χ2v) is 6.81. The second kappa shape index (κ2) is 8.24. The minimum atomic E-state index is -0.210. The Hall–Kier alpha value is -3.16. The molecule has 28 heavy (non-hydrogen) atoms. The van der Waals surface area contributed by atoms with E-state index in [1.54, 1.807) is 17.3 Å². The molecule has 0 radical (unpaired) electrons. The Morgan fingerprint density at radius 1 is 1.11 bits per heavy atom. The molecule has 0 spiro atoms. The molecular weight excluding hydrogens is 352 g/mol. The summed E-state index contributed by atoms with van der Waals surface area (Å²) < 4.78 is 0. The Labute approximate surface area is 164 Å². The molecular formula is C21H24N6O. The molecule has 1 aromatic carbocycles. The van der Waals surface area contributed by atoms with E-state index < -0.39 is 0 Å². The fourth-order valence-electron chi connectivity index (χ4n) is 3.29. The van der Waals surface area contributed by atoms with Crippen molar-refractivity contribution in [3.05, 3.63) is 77.8 Å². The first-order chi connectivity index (χ1) is 13.7. The number of nitrogens with two attached hydrogens (primary N) is 1. The number of aromatic nitrogens is 1. The zero-order valence-electron chi connectivity index (χ0n) is 15.6. The molecule has 0 bridgehead atoms. The van der Waals surface area contributed by atoms with Gasteiger partial charge in [-0.2, -0.15) is 0 Å². The van der Waals surface area contributed by atoms with Gasteiger partial charge in [-0.25, -0.2) is 4.79 Å². The first kappa shape index (κ1) is 18.2. The maximum absolute atomic E-state index is 12.6. The second-order valence-electron chi connectivity index (χ2n) is 6.81. The Morgan fingerprint density at radius 3 is 2.64 bits per heavy atom. The monoisotopic (exact) mass is 376 g/mol. The molecule has 2 aliphatic rings. The van der Waals surface area contributed by atoms with Gasteiger partial charge < -0.3 is 21.7 Å². The maximum atomic E-state index is 12.6. The maximum Gasteiger partial charge on any atom is 0.327 e. The number of urea groups is 1. The topological polar surface area (TPSA) is 95.3 Å². The van der Waals surface area contributed by atoms with Crippen LogP contribution in [0.5, 0.6) is 0 Å². The van der Waals surface area contributed by atoms with E-state index in [0.29, 0.717) is 6.54 Å². The van der Waals surface area contributed by atoms with Gasteiger partial charge in [-0.3, -0.25) is 9.88 Å². The molecule has 0 saturated heterocycles. The molecule has 7 heteroatoms. The van der Waals surface area contributed by atoms with Crippen molar-refractivity contribution < 1.29 is 4.79 Å². The number of hydrogen-bond acceptors (Lipinski definition) is 5. The molecule has 2 aliphatic heterocycles. The van der Waals surface area contributed by atoms with Crippen LogP contribution in [0.25, 0.3) is 5.70 Å². The highest BCUT2D eigenvalue weighted by Crippen LogP contribution is 2.27. The number of nitrogens with zero attached hydrogens (tertiary/aromatic N) is 2. The van der Waals surface area contributed by atoms with E-state index in [4.69, 9.17) is 5.73 Å². The highest BCUT2D eigenvalue weighted by molar-refractivity contribution is 5.96.